The van der Waals surface area contributed by atoms with Gasteiger partial charge in [0.05, 0.1) is 12.0 Å². The minimum Gasteiger partial charge on any atom is -0.460 e. The Morgan fingerprint density at radius 1 is 1.38 bits per heavy atom. The first-order valence-electron chi connectivity index (χ1n) is 7.17. The van der Waals surface area contributed by atoms with Gasteiger partial charge in [-0.25, -0.2) is 4.98 Å². The Kier molecular flexibility index (Phi) is 4.48. The Labute approximate surface area is 141 Å². The number of hydrogen-bond acceptors (Lipinski definition) is 7. The fourth-order valence-electron chi connectivity index (χ4n) is 2.12. The quantitative estimate of drug-likeness (QED) is 0.765. The number of hydrogen-bond donors (Lipinski definition) is 1. The van der Waals surface area contributed by atoms with Crippen molar-refractivity contribution in [2.45, 2.75) is 20.3 Å². The number of carbonyl (C=O) groups is 2. The highest BCUT2D eigenvalue weighted by Gasteiger charge is 2.18. The lowest BCUT2D eigenvalue weighted by Gasteiger charge is -1.98. The van der Waals surface area contributed by atoms with Gasteiger partial charge in [0.25, 0.3) is 5.91 Å². The summed E-state index contributed by atoms with van der Waals surface area (Å²) < 4.78 is 9.68. The zero-order chi connectivity index (χ0) is 17.1. The number of furan rings is 1. The van der Waals surface area contributed by atoms with E-state index in [2.05, 4.69) is 19.7 Å². The lowest BCUT2D eigenvalue weighted by Crippen LogP contribution is -2.12. The summed E-state index contributed by atoms with van der Waals surface area (Å²) in [4.78, 5) is 31.6. The Balaban J connectivity index is 1.77. The molecule has 0 aliphatic heterocycles. The van der Waals surface area contributed by atoms with Crippen LogP contribution in [0.3, 0.4) is 0 Å². The molecule has 3 rings (SSSR count). The van der Waals surface area contributed by atoms with Crippen LogP contribution in [-0.2, 0) is 11.2 Å². The zero-order valence-electron chi connectivity index (χ0n) is 13.1. The normalized spacial score (nSPS) is 10.6. The summed E-state index contributed by atoms with van der Waals surface area (Å²) in [5.41, 5.74) is 1.21. The smallest absolute Gasteiger partial charge is 0.261 e. The predicted molar refractivity (Wildman–Crippen MR) is 88.9 cm³/mol. The molecular formula is C16H14N4O3S. The van der Waals surface area contributed by atoms with E-state index in [0.717, 1.165) is 17.1 Å². The standard InChI is InChI=1S/C16H14N4O3S/c1-9(21)6-14-18-16(24-20-14)19-15(22)12-7-13(23-10(12)2)11-4-3-5-17-8-11/h3-5,7-8H,6H2,1-2H3,(H,18,19,20,22). The van der Waals surface area contributed by atoms with Gasteiger partial charge >= 0.3 is 0 Å². The van der Waals surface area contributed by atoms with Gasteiger partial charge in [0.1, 0.15) is 17.3 Å². The molecule has 0 spiro atoms. The number of aromatic nitrogens is 3. The summed E-state index contributed by atoms with van der Waals surface area (Å²) >= 11 is 1.04. The molecule has 0 bridgehead atoms. The van der Waals surface area contributed by atoms with Crippen LogP contribution in [0.5, 0.6) is 0 Å². The van der Waals surface area contributed by atoms with E-state index in [0.29, 0.717) is 28.0 Å². The minimum atomic E-state index is -0.336. The maximum Gasteiger partial charge on any atom is 0.261 e. The van der Waals surface area contributed by atoms with Crippen LogP contribution >= 0.6 is 11.5 Å². The van der Waals surface area contributed by atoms with E-state index >= 15 is 0 Å². The second-order valence-corrected chi connectivity index (χ2v) is 5.92. The van der Waals surface area contributed by atoms with Gasteiger partial charge in [-0.1, -0.05) is 0 Å². The second kappa shape index (κ2) is 6.71. The molecule has 0 saturated carbocycles. The molecule has 8 heteroatoms. The number of amides is 1. The van der Waals surface area contributed by atoms with Crippen LogP contribution < -0.4 is 5.32 Å². The zero-order valence-corrected chi connectivity index (χ0v) is 13.9. The largest absolute Gasteiger partial charge is 0.460 e. The van der Waals surface area contributed by atoms with E-state index < -0.39 is 0 Å². The van der Waals surface area contributed by atoms with Crippen LogP contribution in [0.15, 0.2) is 35.0 Å². The van der Waals surface area contributed by atoms with Crippen molar-refractivity contribution in [2.24, 2.45) is 0 Å². The third-order valence-electron chi connectivity index (χ3n) is 3.20. The summed E-state index contributed by atoms with van der Waals surface area (Å²) in [6.07, 6.45) is 3.49. The van der Waals surface area contributed by atoms with Crippen molar-refractivity contribution in [1.82, 2.24) is 14.3 Å². The molecule has 0 unspecified atom stereocenters. The van der Waals surface area contributed by atoms with E-state index in [1.165, 1.54) is 6.92 Å². The summed E-state index contributed by atoms with van der Waals surface area (Å²) in [7, 11) is 0. The Morgan fingerprint density at radius 2 is 2.21 bits per heavy atom. The van der Waals surface area contributed by atoms with Gasteiger partial charge in [-0.3, -0.25) is 19.9 Å². The van der Waals surface area contributed by atoms with Crippen LogP contribution in [0.2, 0.25) is 0 Å². The van der Waals surface area contributed by atoms with Crippen LogP contribution in [0, 0.1) is 6.92 Å². The highest BCUT2D eigenvalue weighted by atomic mass is 32.1. The fraction of sp³-hybridized carbons (Fsp3) is 0.188. The number of pyridine rings is 1. The molecule has 0 saturated heterocycles. The number of anilines is 1. The molecular weight excluding hydrogens is 328 g/mol. The maximum atomic E-state index is 12.4. The predicted octanol–water partition coefficient (Wildman–Crippen LogP) is 2.89. The van der Waals surface area contributed by atoms with Crippen molar-refractivity contribution < 1.29 is 14.0 Å². The molecule has 24 heavy (non-hydrogen) atoms. The van der Waals surface area contributed by atoms with Crippen LogP contribution in [-0.4, -0.2) is 26.0 Å². The van der Waals surface area contributed by atoms with E-state index in [4.69, 9.17) is 4.42 Å². The molecule has 0 radical (unpaired) electrons. The molecule has 0 aromatic carbocycles. The van der Waals surface area contributed by atoms with Gasteiger partial charge in [-0.2, -0.15) is 4.37 Å². The van der Waals surface area contributed by atoms with Gasteiger partial charge in [0, 0.05) is 29.5 Å². The highest BCUT2D eigenvalue weighted by Crippen LogP contribution is 2.25. The third kappa shape index (κ3) is 3.54. The average Bonchev–Trinajstić information content (AvgIpc) is 3.14. The Bertz CT molecular complexity index is 886. The molecule has 3 aromatic heterocycles. The topological polar surface area (TPSA) is 98.0 Å². The summed E-state index contributed by atoms with van der Waals surface area (Å²) in [5, 5.41) is 3.02. The van der Waals surface area contributed by atoms with Crippen LogP contribution in [0.25, 0.3) is 11.3 Å². The van der Waals surface area contributed by atoms with Crippen molar-refractivity contribution in [3.63, 3.8) is 0 Å². The van der Waals surface area contributed by atoms with E-state index in [9.17, 15) is 9.59 Å². The molecule has 0 aliphatic rings. The number of rotatable bonds is 5. The lowest BCUT2D eigenvalue weighted by atomic mass is 10.2. The molecule has 7 nitrogen and oxygen atoms in total. The third-order valence-corrected chi connectivity index (χ3v) is 3.87. The molecule has 1 N–H and O–H groups in total. The summed E-state index contributed by atoms with van der Waals surface area (Å²) in [6.45, 7) is 3.18. The van der Waals surface area contributed by atoms with Crippen LogP contribution in [0.4, 0.5) is 5.13 Å². The van der Waals surface area contributed by atoms with Gasteiger partial charge in [-0.15, -0.1) is 0 Å². The number of ketones is 1. The number of carbonyl (C=O) groups excluding carboxylic acids is 2. The van der Waals surface area contributed by atoms with Crippen LogP contribution in [0.1, 0.15) is 28.9 Å². The summed E-state index contributed by atoms with van der Waals surface area (Å²) in [5.74, 6) is 1.11. The summed E-state index contributed by atoms with van der Waals surface area (Å²) in [6, 6.07) is 5.32. The molecule has 0 fully saturated rings. The van der Waals surface area contributed by atoms with Crippen molar-refractivity contribution in [3.05, 3.63) is 47.7 Å². The SMILES string of the molecule is CC(=O)Cc1nsc(NC(=O)c2cc(-c3cccnc3)oc2C)n1. The highest BCUT2D eigenvalue weighted by molar-refractivity contribution is 7.09. The number of aryl methyl sites for hydroxylation is 1. The Morgan fingerprint density at radius 3 is 2.92 bits per heavy atom. The number of Topliss-reactive ketones (excluding diaryl/α,β-unsaturated/α-hetero) is 1. The lowest BCUT2D eigenvalue weighted by molar-refractivity contribution is -0.116. The second-order valence-electron chi connectivity index (χ2n) is 5.17. The van der Waals surface area contributed by atoms with E-state index in [1.54, 1.807) is 31.5 Å². The minimum absolute atomic E-state index is 0.0301. The van der Waals surface area contributed by atoms with Gasteiger partial charge in [0.15, 0.2) is 5.82 Å². The van der Waals surface area contributed by atoms with E-state index in [1.807, 2.05) is 6.07 Å². The van der Waals surface area contributed by atoms with Gasteiger partial charge < -0.3 is 4.42 Å². The van der Waals surface area contributed by atoms with Gasteiger partial charge in [-0.05, 0) is 32.0 Å². The first kappa shape index (κ1) is 16.0. The molecule has 1 amide bonds. The molecule has 122 valence electrons. The van der Waals surface area contributed by atoms with Gasteiger partial charge in [0.2, 0.25) is 5.13 Å². The fourth-order valence-corrected chi connectivity index (χ4v) is 2.70. The van der Waals surface area contributed by atoms with Crippen molar-refractivity contribution in [1.29, 1.82) is 0 Å². The maximum absolute atomic E-state index is 12.4. The van der Waals surface area contributed by atoms with E-state index in [-0.39, 0.29) is 18.1 Å². The monoisotopic (exact) mass is 342 g/mol. The van der Waals surface area contributed by atoms with Crippen molar-refractivity contribution >= 4 is 28.4 Å². The Hall–Kier alpha value is -2.87. The first-order valence-corrected chi connectivity index (χ1v) is 7.94. The molecule has 3 aromatic rings. The first-order chi connectivity index (χ1) is 11.5. The average molecular weight is 342 g/mol. The molecule has 0 aliphatic carbocycles. The molecule has 3 heterocycles. The molecule has 0 atom stereocenters. The number of nitrogens with one attached hydrogen (secondary N) is 1. The van der Waals surface area contributed by atoms with Crippen molar-refractivity contribution in [3.8, 4) is 11.3 Å². The van der Waals surface area contributed by atoms with Crippen molar-refractivity contribution in [2.75, 3.05) is 5.32 Å². The number of nitrogens with zero attached hydrogens (tertiary/aromatic N) is 3.